The molecule has 1 atom stereocenters. The largest absolute Gasteiger partial charge is 0.354 e. The van der Waals surface area contributed by atoms with E-state index in [0.29, 0.717) is 26.1 Å². The van der Waals surface area contributed by atoms with Crippen molar-refractivity contribution in [1.82, 2.24) is 15.2 Å². The molecule has 1 aliphatic heterocycles. The summed E-state index contributed by atoms with van der Waals surface area (Å²) < 4.78 is 0. The molecule has 1 saturated heterocycles. The molecule has 31 heavy (non-hydrogen) atoms. The lowest BCUT2D eigenvalue weighted by molar-refractivity contribution is -0.124. The van der Waals surface area contributed by atoms with Crippen molar-refractivity contribution in [2.45, 2.75) is 26.2 Å². The maximum Gasteiger partial charge on any atom is 0.254 e. The van der Waals surface area contributed by atoms with Gasteiger partial charge in [0.15, 0.2) is 0 Å². The summed E-state index contributed by atoms with van der Waals surface area (Å²) >= 11 is 1.64. The fourth-order valence-electron chi connectivity index (χ4n) is 4.07. The molecule has 1 unspecified atom stereocenters. The molecule has 2 amide bonds. The molecule has 0 bridgehead atoms. The maximum absolute atomic E-state index is 13.1. The number of hydrogen-bond acceptors (Lipinski definition) is 4. The van der Waals surface area contributed by atoms with E-state index in [1.807, 2.05) is 40.6 Å². The van der Waals surface area contributed by atoms with Crippen molar-refractivity contribution < 1.29 is 9.59 Å². The first kappa shape index (κ1) is 21.2. The lowest BCUT2D eigenvalue weighted by atomic mass is 9.92. The lowest BCUT2D eigenvalue weighted by Crippen LogP contribution is -2.37. The summed E-state index contributed by atoms with van der Waals surface area (Å²) in [6.07, 6.45) is 6.19. The first-order valence-corrected chi connectivity index (χ1v) is 11.7. The summed E-state index contributed by atoms with van der Waals surface area (Å²) in [6, 6.07) is 14.1. The Balaban J connectivity index is 1.54. The predicted molar refractivity (Wildman–Crippen MR) is 124 cm³/mol. The number of aryl methyl sites for hydroxylation is 1. The summed E-state index contributed by atoms with van der Waals surface area (Å²) in [6.45, 7) is 3.58. The molecule has 0 spiro atoms. The van der Waals surface area contributed by atoms with Crippen LogP contribution in [0.2, 0.25) is 0 Å². The molecule has 3 heterocycles. The van der Waals surface area contributed by atoms with Crippen molar-refractivity contribution in [3.63, 3.8) is 0 Å². The van der Waals surface area contributed by atoms with Crippen LogP contribution >= 0.6 is 11.3 Å². The van der Waals surface area contributed by atoms with E-state index < -0.39 is 0 Å². The van der Waals surface area contributed by atoms with Crippen LogP contribution in [0, 0.1) is 5.92 Å². The van der Waals surface area contributed by atoms with Gasteiger partial charge < -0.3 is 10.2 Å². The Kier molecular flexibility index (Phi) is 6.77. The molecule has 1 aromatic carbocycles. The molecule has 4 rings (SSSR count). The van der Waals surface area contributed by atoms with Gasteiger partial charge in [0, 0.05) is 42.3 Å². The lowest BCUT2D eigenvalue weighted by Gasteiger charge is -2.23. The number of rotatable bonds is 6. The molecule has 0 saturated carbocycles. The minimum Gasteiger partial charge on any atom is -0.354 e. The van der Waals surface area contributed by atoms with Crippen LogP contribution in [0.3, 0.4) is 0 Å². The number of nitrogens with one attached hydrogen (secondary N) is 1. The van der Waals surface area contributed by atoms with Gasteiger partial charge in [0.2, 0.25) is 5.91 Å². The van der Waals surface area contributed by atoms with Crippen molar-refractivity contribution in [2.75, 3.05) is 19.6 Å². The molecule has 3 aromatic rings. The summed E-state index contributed by atoms with van der Waals surface area (Å²) in [4.78, 5) is 33.1. The first-order chi connectivity index (χ1) is 15.2. The van der Waals surface area contributed by atoms with Gasteiger partial charge in [0.25, 0.3) is 5.91 Å². The van der Waals surface area contributed by atoms with Crippen molar-refractivity contribution >= 4 is 23.2 Å². The highest BCUT2D eigenvalue weighted by Gasteiger charge is 2.29. The zero-order valence-corrected chi connectivity index (χ0v) is 18.5. The zero-order valence-electron chi connectivity index (χ0n) is 17.7. The van der Waals surface area contributed by atoms with E-state index in [9.17, 15) is 9.59 Å². The maximum atomic E-state index is 13.1. The summed E-state index contributed by atoms with van der Waals surface area (Å²) in [7, 11) is 0. The molecule has 2 aromatic heterocycles. The van der Waals surface area contributed by atoms with Gasteiger partial charge in [-0.25, -0.2) is 0 Å². The third-order valence-electron chi connectivity index (χ3n) is 5.65. The van der Waals surface area contributed by atoms with Crippen LogP contribution in [-0.4, -0.2) is 41.3 Å². The predicted octanol–water partition coefficient (Wildman–Crippen LogP) is 4.19. The van der Waals surface area contributed by atoms with Gasteiger partial charge in [-0.3, -0.25) is 14.6 Å². The molecule has 0 radical (unpaired) electrons. The van der Waals surface area contributed by atoms with Crippen LogP contribution in [0.5, 0.6) is 0 Å². The average Bonchev–Trinajstić information content (AvgIpc) is 3.19. The Bertz CT molecular complexity index is 1050. The normalized spacial score (nSPS) is 16.6. The number of hydrogen-bond donors (Lipinski definition) is 1. The van der Waals surface area contributed by atoms with E-state index in [1.165, 1.54) is 4.88 Å². The number of benzene rings is 1. The third-order valence-corrected chi connectivity index (χ3v) is 6.65. The fourth-order valence-corrected chi connectivity index (χ4v) is 5.03. The number of amides is 2. The van der Waals surface area contributed by atoms with E-state index in [-0.39, 0.29) is 17.7 Å². The molecule has 1 aliphatic rings. The summed E-state index contributed by atoms with van der Waals surface area (Å²) in [5.74, 6) is -0.262. The number of aromatic nitrogens is 1. The Morgan fingerprint density at radius 1 is 1.23 bits per heavy atom. The van der Waals surface area contributed by atoms with E-state index in [4.69, 9.17) is 0 Å². The molecule has 160 valence electrons. The van der Waals surface area contributed by atoms with Crippen LogP contribution < -0.4 is 5.32 Å². The number of nitrogens with zero attached hydrogens (tertiary/aromatic N) is 2. The summed E-state index contributed by atoms with van der Waals surface area (Å²) in [5.41, 5.74) is 4.01. The fraction of sp³-hybridized carbons (Fsp3) is 0.320. The summed E-state index contributed by atoms with van der Waals surface area (Å²) in [5, 5.41) is 4.94. The van der Waals surface area contributed by atoms with Crippen LogP contribution in [0.1, 0.15) is 34.1 Å². The quantitative estimate of drug-likeness (QED) is 0.634. The topological polar surface area (TPSA) is 62.3 Å². The minimum absolute atomic E-state index is 0.0109. The molecule has 1 fully saturated rings. The van der Waals surface area contributed by atoms with Crippen molar-refractivity contribution in [2.24, 2.45) is 5.92 Å². The zero-order chi connectivity index (χ0) is 21.6. The van der Waals surface area contributed by atoms with Gasteiger partial charge in [-0.05, 0) is 47.7 Å². The van der Waals surface area contributed by atoms with E-state index in [0.717, 1.165) is 35.1 Å². The van der Waals surface area contributed by atoms with Crippen LogP contribution in [-0.2, 0) is 17.6 Å². The molecule has 0 aliphatic carbocycles. The van der Waals surface area contributed by atoms with Gasteiger partial charge >= 0.3 is 0 Å². The van der Waals surface area contributed by atoms with Gasteiger partial charge in [-0.2, -0.15) is 0 Å². The number of carbonyl (C=O) groups excluding carboxylic acids is 2. The first-order valence-electron chi connectivity index (χ1n) is 10.8. The minimum atomic E-state index is -0.289. The van der Waals surface area contributed by atoms with Crippen molar-refractivity contribution in [1.29, 1.82) is 0 Å². The highest BCUT2D eigenvalue weighted by Crippen LogP contribution is 2.26. The SMILES string of the molecule is CCCc1cc(C(=O)N2CCNC(=O)C(Cc3ccccc3-c3ccncc3)C2)cs1. The number of thiophene rings is 1. The van der Waals surface area contributed by atoms with E-state index in [2.05, 4.69) is 29.4 Å². The monoisotopic (exact) mass is 433 g/mol. The third kappa shape index (κ3) is 5.02. The van der Waals surface area contributed by atoms with Gasteiger partial charge in [-0.1, -0.05) is 37.6 Å². The second-order valence-electron chi connectivity index (χ2n) is 7.89. The molecule has 1 N–H and O–H groups in total. The van der Waals surface area contributed by atoms with Gasteiger partial charge in [0.1, 0.15) is 0 Å². The van der Waals surface area contributed by atoms with Crippen LogP contribution in [0.15, 0.2) is 60.2 Å². The van der Waals surface area contributed by atoms with E-state index in [1.54, 1.807) is 23.7 Å². The molecular weight excluding hydrogens is 406 g/mol. The van der Waals surface area contributed by atoms with Gasteiger partial charge in [0.05, 0.1) is 11.5 Å². The second kappa shape index (κ2) is 9.88. The smallest absolute Gasteiger partial charge is 0.254 e. The van der Waals surface area contributed by atoms with Gasteiger partial charge in [-0.15, -0.1) is 11.3 Å². The Hall–Kier alpha value is -2.99. The number of carbonyl (C=O) groups is 2. The Morgan fingerprint density at radius 3 is 2.84 bits per heavy atom. The molecule has 6 heteroatoms. The Labute approximate surface area is 187 Å². The van der Waals surface area contributed by atoms with Crippen molar-refractivity contribution in [3.8, 4) is 11.1 Å². The van der Waals surface area contributed by atoms with Crippen LogP contribution in [0.25, 0.3) is 11.1 Å². The second-order valence-corrected chi connectivity index (χ2v) is 8.88. The molecule has 5 nitrogen and oxygen atoms in total. The molecular formula is C25H27N3O2S. The van der Waals surface area contributed by atoms with Crippen LogP contribution in [0.4, 0.5) is 0 Å². The standard InChI is InChI=1S/C25H27N3O2S/c1-2-5-22-15-21(17-31-22)25(30)28-13-12-27-24(29)20(16-28)14-19-6-3-4-7-23(19)18-8-10-26-11-9-18/h3-4,6-11,15,17,20H,2,5,12-14,16H2,1H3,(H,27,29). The number of pyridine rings is 1. The highest BCUT2D eigenvalue weighted by atomic mass is 32.1. The average molecular weight is 434 g/mol. The van der Waals surface area contributed by atoms with Crippen molar-refractivity contribution in [3.05, 3.63) is 76.2 Å². The highest BCUT2D eigenvalue weighted by molar-refractivity contribution is 7.10. The Morgan fingerprint density at radius 2 is 2.03 bits per heavy atom. The van der Waals surface area contributed by atoms with E-state index >= 15 is 0 Å².